The van der Waals surface area contributed by atoms with Crippen LogP contribution in [0.15, 0.2) is 40.1 Å². The summed E-state index contributed by atoms with van der Waals surface area (Å²) in [6.07, 6.45) is -3.57. The first kappa shape index (κ1) is 12.1. The number of hydrogen-bond donors (Lipinski definition) is 1. The minimum Gasteiger partial charge on any atom is -0.268 e. The highest BCUT2D eigenvalue weighted by atomic mass is 19.4. The van der Waals surface area contributed by atoms with Gasteiger partial charge in [0.05, 0.1) is 0 Å². The SMILES string of the molecule is O=c1ccc(=O)n(-c2ncccc2C(F)(F)F)[nH]1. The van der Waals surface area contributed by atoms with Crippen molar-refractivity contribution in [1.29, 1.82) is 0 Å². The zero-order chi connectivity index (χ0) is 13.3. The van der Waals surface area contributed by atoms with Crippen molar-refractivity contribution >= 4 is 0 Å². The first-order valence-corrected chi connectivity index (χ1v) is 4.74. The van der Waals surface area contributed by atoms with Crippen molar-refractivity contribution in [2.45, 2.75) is 6.18 Å². The van der Waals surface area contributed by atoms with Crippen LogP contribution in [0.2, 0.25) is 0 Å². The molecule has 18 heavy (non-hydrogen) atoms. The van der Waals surface area contributed by atoms with Gasteiger partial charge in [0.2, 0.25) is 0 Å². The highest BCUT2D eigenvalue weighted by molar-refractivity contribution is 5.34. The van der Waals surface area contributed by atoms with Crippen LogP contribution in [-0.4, -0.2) is 14.8 Å². The van der Waals surface area contributed by atoms with Crippen LogP contribution >= 0.6 is 0 Å². The summed E-state index contributed by atoms with van der Waals surface area (Å²) in [4.78, 5) is 26.0. The van der Waals surface area contributed by atoms with E-state index < -0.39 is 28.7 Å². The summed E-state index contributed by atoms with van der Waals surface area (Å²) >= 11 is 0. The second-order valence-electron chi connectivity index (χ2n) is 3.36. The van der Waals surface area contributed by atoms with Crippen LogP contribution < -0.4 is 11.1 Å². The Bertz CT molecular complexity index is 687. The topological polar surface area (TPSA) is 67.8 Å². The van der Waals surface area contributed by atoms with Crippen molar-refractivity contribution in [2.75, 3.05) is 0 Å². The molecule has 2 rings (SSSR count). The molecule has 0 radical (unpaired) electrons. The van der Waals surface area contributed by atoms with Crippen LogP contribution in [0, 0.1) is 0 Å². The Morgan fingerprint density at radius 1 is 1.17 bits per heavy atom. The van der Waals surface area contributed by atoms with Gasteiger partial charge in [-0.15, -0.1) is 0 Å². The molecule has 2 aromatic heterocycles. The van der Waals surface area contributed by atoms with Crippen LogP contribution in [0.25, 0.3) is 5.82 Å². The van der Waals surface area contributed by atoms with Gasteiger partial charge in [0.15, 0.2) is 5.82 Å². The number of alkyl halides is 3. The largest absolute Gasteiger partial charge is 0.420 e. The summed E-state index contributed by atoms with van der Waals surface area (Å²) in [7, 11) is 0. The molecule has 8 heteroatoms. The molecule has 0 aliphatic carbocycles. The number of hydrogen-bond acceptors (Lipinski definition) is 3. The average Bonchev–Trinajstić information content (AvgIpc) is 2.31. The summed E-state index contributed by atoms with van der Waals surface area (Å²) < 4.78 is 38.6. The van der Waals surface area contributed by atoms with E-state index in [1.54, 1.807) is 0 Å². The normalized spacial score (nSPS) is 11.5. The van der Waals surface area contributed by atoms with Crippen LogP contribution in [0.1, 0.15) is 5.56 Å². The van der Waals surface area contributed by atoms with E-state index in [1.165, 1.54) is 0 Å². The number of pyridine rings is 1. The Kier molecular flexibility index (Phi) is 2.77. The number of aromatic nitrogens is 3. The minimum atomic E-state index is -4.67. The molecule has 2 aromatic rings. The first-order valence-electron chi connectivity index (χ1n) is 4.74. The number of halogens is 3. The Balaban J connectivity index is 2.76. The predicted octanol–water partition coefficient (Wildman–Crippen LogP) is 0.940. The van der Waals surface area contributed by atoms with Crippen LogP contribution in [0.5, 0.6) is 0 Å². The molecule has 0 amide bonds. The van der Waals surface area contributed by atoms with E-state index in [1.807, 2.05) is 5.10 Å². The van der Waals surface area contributed by atoms with E-state index in [9.17, 15) is 22.8 Å². The lowest BCUT2D eigenvalue weighted by molar-refractivity contribution is -0.137. The van der Waals surface area contributed by atoms with Crippen molar-refractivity contribution in [1.82, 2.24) is 14.8 Å². The van der Waals surface area contributed by atoms with Gasteiger partial charge in [-0.3, -0.25) is 14.7 Å². The van der Waals surface area contributed by atoms with Gasteiger partial charge in [-0.2, -0.15) is 17.9 Å². The lowest BCUT2D eigenvalue weighted by Gasteiger charge is -2.12. The third-order valence-corrected chi connectivity index (χ3v) is 2.12. The maximum Gasteiger partial charge on any atom is 0.420 e. The molecule has 0 aromatic carbocycles. The van der Waals surface area contributed by atoms with Crippen LogP contribution in [-0.2, 0) is 6.18 Å². The van der Waals surface area contributed by atoms with E-state index in [2.05, 4.69) is 4.98 Å². The molecule has 0 unspecified atom stereocenters. The van der Waals surface area contributed by atoms with E-state index in [-0.39, 0.29) is 0 Å². The molecular formula is C10H6F3N3O2. The zero-order valence-corrected chi connectivity index (χ0v) is 8.73. The van der Waals surface area contributed by atoms with Gasteiger partial charge in [0, 0.05) is 18.3 Å². The van der Waals surface area contributed by atoms with Crippen LogP contribution in [0.4, 0.5) is 13.2 Å². The number of nitrogens with one attached hydrogen (secondary N) is 1. The molecule has 0 aliphatic heterocycles. The number of nitrogens with zero attached hydrogens (tertiary/aromatic N) is 2. The van der Waals surface area contributed by atoms with E-state index in [0.29, 0.717) is 4.68 Å². The van der Waals surface area contributed by atoms with Crippen molar-refractivity contribution in [3.63, 3.8) is 0 Å². The molecule has 94 valence electrons. The number of rotatable bonds is 1. The molecule has 1 N–H and O–H groups in total. The molecule has 0 saturated carbocycles. The van der Waals surface area contributed by atoms with E-state index >= 15 is 0 Å². The Morgan fingerprint density at radius 2 is 1.89 bits per heavy atom. The van der Waals surface area contributed by atoms with Crippen molar-refractivity contribution < 1.29 is 13.2 Å². The smallest absolute Gasteiger partial charge is 0.268 e. The Morgan fingerprint density at radius 3 is 2.56 bits per heavy atom. The lowest BCUT2D eigenvalue weighted by atomic mass is 10.2. The van der Waals surface area contributed by atoms with Gasteiger partial charge in [-0.25, -0.2) is 4.98 Å². The number of aromatic amines is 1. The Hall–Kier alpha value is -2.38. The fourth-order valence-electron chi connectivity index (χ4n) is 1.38. The van der Waals surface area contributed by atoms with Crippen molar-refractivity contribution in [3.05, 3.63) is 56.7 Å². The number of H-pyrrole nitrogens is 1. The maximum atomic E-state index is 12.7. The first-order chi connectivity index (χ1) is 8.39. The molecule has 0 spiro atoms. The van der Waals surface area contributed by atoms with Crippen LogP contribution in [0.3, 0.4) is 0 Å². The third-order valence-electron chi connectivity index (χ3n) is 2.12. The van der Waals surface area contributed by atoms with Gasteiger partial charge in [0.25, 0.3) is 11.1 Å². The highest BCUT2D eigenvalue weighted by Crippen LogP contribution is 2.31. The summed E-state index contributed by atoms with van der Waals surface area (Å²) in [5.41, 5.74) is -2.61. The maximum absolute atomic E-state index is 12.7. The lowest BCUT2D eigenvalue weighted by Crippen LogP contribution is -2.29. The molecular weight excluding hydrogens is 251 g/mol. The van der Waals surface area contributed by atoms with Gasteiger partial charge >= 0.3 is 6.18 Å². The summed E-state index contributed by atoms with van der Waals surface area (Å²) in [5, 5.41) is 1.99. The average molecular weight is 257 g/mol. The standard InChI is InChI=1S/C10H6F3N3O2/c11-10(12,13)6-2-1-5-14-9(6)16-8(18)4-3-7(17)15-16/h1-5H,(H,15,17). The molecule has 0 atom stereocenters. The molecule has 5 nitrogen and oxygen atoms in total. The molecule has 0 aliphatic rings. The summed E-state index contributed by atoms with van der Waals surface area (Å²) in [5.74, 6) is -0.660. The van der Waals surface area contributed by atoms with E-state index in [0.717, 1.165) is 30.5 Å². The zero-order valence-electron chi connectivity index (χ0n) is 8.73. The van der Waals surface area contributed by atoms with Gasteiger partial charge in [0.1, 0.15) is 5.56 Å². The van der Waals surface area contributed by atoms with Gasteiger partial charge in [-0.05, 0) is 12.1 Å². The quantitative estimate of drug-likeness (QED) is 0.826. The highest BCUT2D eigenvalue weighted by Gasteiger charge is 2.35. The second kappa shape index (κ2) is 4.13. The predicted molar refractivity (Wildman–Crippen MR) is 55.5 cm³/mol. The fraction of sp³-hybridized carbons (Fsp3) is 0.100. The fourth-order valence-corrected chi connectivity index (χ4v) is 1.38. The van der Waals surface area contributed by atoms with Gasteiger partial charge in [-0.1, -0.05) is 0 Å². The molecule has 0 saturated heterocycles. The molecule has 0 bridgehead atoms. The minimum absolute atomic E-state index is 0.463. The van der Waals surface area contributed by atoms with Crippen molar-refractivity contribution in [3.8, 4) is 5.82 Å². The van der Waals surface area contributed by atoms with Crippen molar-refractivity contribution in [2.24, 2.45) is 0 Å². The molecule has 0 fully saturated rings. The van der Waals surface area contributed by atoms with E-state index in [4.69, 9.17) is 0 Å². The second-order valence-corrected chi connectivity index (χ2v) is 3.36. The Labute approximate surface area is 97.5 Å². The summed E-state index contributed by atoms with van der Waals surface area (Å²) in [6.45, 7) is 0. The third kappa shape index (κ3) is 2.17. The monoisotopic (exact) mass is 257 g/mol. The van der Waals surface area contributed by atoms with Gasteiger partial charge < -0.3 is 0 Å². The molecule has 2 heterocycles. The summed E-state index contributed by atoms with van der Waals surface area (Å²) in [6, 6.07) is 3.67.